The quantitative estimate of drug-likeness (QED) is 0.163. The van der Waals surface area contributed by atoms with Gasteiger partial charge in [-0.3, -0.25) is 0 Å². The Bertz CT molecular complexity index is 1270. The molecule has 0 aliphatic heterocycles. The van der Waals surface area contributed by atoms with Crippen LogP contribution < -0.4 is 4.74 Å². The molecule has 0 saturated heterocycles. The molecule has 1 aliphatic rings. The molecule has 12 nitrogen and oxygen atoms in total. The lowest BCUT2D eigenvalue weighted by Gasteiger charge is -2.40. The van der Waals surface area contributed by atoms with Gasteiger partial charge in [0, 0.05) is 25.0 Å². The minimum Gasteiger partial charge on any atom is -0.504 e. The van der Waals surface area contributed by atoms with E-state index in [2.05, 4.69) is 0 Å². The highest BCUT2D eigenvalue weighted by Crippen LogP contribution is 2.33. The third-order valence-corrected chi connectivity index (χ3v) is 5.78. The number of aliphatic hydroxyl groups excluding tert-OH is 1. The van der Waals surface area contributed by atoms with Crippen LogP contribution in [0.4, 0.5) is 0 Å². The number of hydrogen-bond donors (Lipinski definition) is 6. The number of aliphatic hydroxyl groups is 2. The van der Waals surface area contributed by atoms with Crippen molar-refractivity contribution in [2.75, 3.05) is 7.11 Å². The summed E-state index contributed by atoms with van der Waals surface area (Å²) < 4.78 is 15.5. The Balaban J connectivity index is 1.75. The third kappa shape index (κ3) is 6.81. The van der Waals surface area contributed by atoms with Crippen LogP contribution in [0.1, 0.15) is 24.0 Å². The van der Waals surface area contributed by atoms with Gasteiger partial charge in [-0.15, -0.1) is 0 Å². The van der Waals surface area contributed by atoms with E-state index in [-0.39, 0.29) is 17.2 Å². The van der Waals surface area contributed by atoms with Gasteiger partial charge in [-0.25, -0.2) is 14.4 Å². The molecule has 12 heteroatoms. The molecule has 0 radical (unpaired) electrons. The van der Waals surface area contributed by atoms with Crippen molar-refractivity contribution in [1.82, 2.24) is 0 Å². The van der Waals surface area contributed by atoms with Gasteiger partial charge < -0.3 is 44.8 Å². The molecule has 2 aromatic rings. The first-order valence-corrected chi connectivity index (χ1v) is 11.2. The maximum absolute atomic E-state index is 12.5. The van der Waals surface area contributed by atoms with Gasteiger partial charge in [0.25, 0.3) is 0 Å². The molecule has 6 N–H and O–H groups in total. The SMILES string of the molecule is COc1cc(C=CC(=O)O[C@H]2[C@H](O)C[C@@](O)(C(=O)O)C[C@H]2OC(=O)C=Cc2ccc(O)c(O)c2)ccc1O. The molecule has 0 amide bonds. The van der Waals surface area contributed by atoms with Crippen LogP contribution in [0.15, 0.2) is 48.6 Å². The zero-order valence-electron chi connectivity index (χ0n) is 20.1. The summed E-state index contributed by atoms with van der Waals surface area (Å²) in [6.07, 6.45) is -1.56. The predicted molar refractivity (Wildman–Crippen MR) is 130 cm³/mol. The van der Waals surface area contributed by atoms with Gasteiger partial charge in [0.1, 0.15) is 6.10 Å². The van der Waals surface area contributed by atoms with Crippen molar-refractivity contribution in [2.24, 2.45) is 0 Å². The molecule has 0 bridgehead atoms. The number of carboxylic acid groups (broad SMARTS) is 1. The molecule has 202 valence electrons. The molecule has 4 atom stereocenters. The van der Waals surface area contributed by atoms with Crippen LogP contribution in [0.5, 0.6) is 23.0 Å². The molecule has 3 rings (SSSR count). The van der Waals surface area contributed by atoms with Crippen LogP contribution in [0.2, 0.25) is 0 Å². The number of rotatable bonds is 8. The van der Waals surface area contributed by atoms with Crippen LogP contribution in [0.25, 0.3) is 12.2 Å². The monoisotopic (exact) mass is 530 g/mol. The standard InChI is InChI=1S/C26H26O12/c1-36-20-11-15(3-7-17(20)28)5-9-23(32)38-24-19(30)12-26(35,25(33)34)13-21(24)37-22(31)8-4-14-2-6-16(27)18(29)10-14/h2-11,19,21,24,27-30,35H,12-13H2,1H3,(H,33,34)/t19-,21-,24+,26+/m1/s1. The van der Waals surface area contributed by atoms with Crippen molar-refractivity contribution in [3.05, 3.63) is 59.7 Å². The summed E-state index contributed by atoms with van der Waals surface area (Å²) in [6, 6.07) is 8.06. The Hall–Kier alpha value is -4.55. The van der Waals surface area contributed by atoms with Gasteiger partial charge in [-0.1, -0.05) is 12.1 Å². The highest BCUT2D eigenvalue weighted by Gasteiger charge is 2.52. The van der Waals surface area contributed by atoms with Gasteiger partial charge >= 0.3 is 17.9 Å². The zero-order valence-corrected chi connectivity index (χ0v) is 20.1. The Morgan fingerprint density at radius 3 is 2.03 bits per heavy atom. The number of aromatic hydroxyl groups is 3. The van der Waals surface area contributed by atoms with Crippen molar-refractivity contribution in [3.63, 3.8) is 0 Å². The summed E-state index contributed by atoms with van der Waals surface area (Å²) in [7, 11) is 1.35. The third-order valence-electron chi connectivity index (χ3n) is 5.78. The number of phenolic OH excluding ortho intramolecular Hbond substituents is 3. The molecule has 38 heavy (non-hydrogen) atoms. The maximum atomic E-state index is 12.5. The Morgan fingerprint density at radius 1 is 0.868 bits per heavy atom. The molecular formula is C26H26O12. The smallest absolute Gasteiger partial charge is 0.335 e. The number of aliphatic carboxylic acids is 1. The molecule has 0 unspecified atom stereocenters. The summed E-state index contributed by atoms with van der Waals surface area (Å²) in [4.78, 5) is 36.5. The Morgan fingerprint density at radius 2 is 1.45 bits per heavy atom. The number of carboxylic acids is 1. The topological polar surface area (TPSA) is 200 Å². The number of methoxy groups -OCH3 is 1. The van der Waals surface area contributed by atoms with Crippen LogP contribution in [-0.2, 0) is 23.9 Å². The van der Waals surface area contributed by atoms with E-state index in [0.29, 0.717) is 11.1 Å². The molecule has 1 fully saturated rings. The molecule has 0 aromatic heterocycles. The van der Waals surface area contributed by atoms with E-state index in [0.717, 1.165) is 12.2 Å². The fraction of sp³-hybridized carbons (Fsp3) is 0.269. The van der Waals surface area contributed by atoms with Gasteiger partial charge in [0.2, 0.25) is 0 Å². The van der Waals surface area contributed by atoms with E-state index in [9.17, 15) is 45.0 Å². The summed E-state index contributed by atoms with van der Waals surface area (Å²) in [5.41, 5.74) is -1.66. The molecule has 1 aliphatic carbocycles. The fourth-order valence-corrected chi connectivity index (χ4v) is 3.81. The molecule has 1 saturated carbocycles. The second kappa shape index (κ2) is 11.7. The van der Waals surface area contributed by atoms with Crippen molar-refractivity contribution in [3.8, 4) is 23.0 Å². The number of benzene rings is 2. The summed E-state index contributed by atoms with van der Waals surface area (Å²) in [5, 5.41) is 58.9. The van der Waals surface area contributed by atoms with Gasteiger partial charge in [0.15, 0.2) is 34.7 Å². The summed E-state index contributed by atoms with van der Waals surface area (Å²) in [5.74, 6) is -4.36. The average Bonchev–Trinajstić information content (AvgIpc) is 2.86. The van der Waals surface area contributed by atoms with Crippen LogP contribution in [0, 0.1) is 0 Å². The van der Waals surface area contributed by atoms with Gasteiger partial charge in [-0.05, 0) is 47.5 Å². The highest BCUT2D eigenvalue weighted by atomic mass is 16.6. The van der Waals surface area contributed by atoms with Crippen molar-refractivity contribution in [2.45, 2.75) is 36.8 Å². The van der Waals surface area contributed by atoms with Crippen LogP contribution in [-0.4, -0.2) is 79.6 Å². The fourth-order valence-electron chi connectivity index (χ4n) is 3.81. The Labute approximate surface area is 216 Å². The largest absolute Gasteiger partial charge is 0.504 e. The lowest BCUT2D eigenvalue weighted by Crippen LogP contribution is -2.58. The van der Waals surface area contributed by atoms with Crippen LogP contribution >= 0.6 is 0 Å². The van der Waals surface area contributed by atoms with E-state index in [1.54, 1.807) is 0 Å². The lowest BCUT2D eigenvalue weighted by atomic mass is 9.79. The summed E-state index contributed by atoms with van der Waals surface area (Å²) >= 11 is 0. The van der Waals surface area contributed by atoms with E-state index < -0.39 is 60.4 Å². The molecule has 0 spiro atoms. The molecular weight excluding hydrogens is 504 g/mol. The van der Waals surface area contributed by atoms with E-state index in [1.807, 2.05) is 0 Å². The van der Waals surface area contributed by atoms with Gasteiger partial charge in [-0.2, -0.15) is 0 Å². The van der Waals surface area contributed by atoms with Crippen molar-refractivity contribution in [1.29, 1.82) is 0 Å². The molecule has 0 heterocycles. The number of carbonyl (C=O) groups excluding carboxylic acids is 2. The number of carbonyl (C=O) groups is 3. The second-order valence-corrected chi connectivity index (χ2v) is 8.54. The zero-order chi connectivity index (χ0) is 28.0. The minimum atomic E-state index is -2.45. The lowest BCUT2D eigenvalue weighted by molar-refractivity contribution is -0.204. The van der Waals surface area contributed by atoms with E-state index >= 15 is 0 Å². The number of hydrogen-bond acceptors (Lipinski definition) is 11. The highest BCUT2D eigenvalue weighted by molar-refractivity contribution is 5.88. The maximum Gasteiger partial charge on any atom is 0.335 e. The number of esters is 2. The number of phenols is 3. The normalized spacial score (nSPS) is 23.3. The summed E-state index contributed by atoms with van der Waals surface area (Å²) in [6.45, 7) is 0. The van der Waals surface area contributed by atoms with Crippen LogP contribution in [0.3, 0.4) is 0 Å². The Kier molecular flexibility index (Phi) is 8.61. The average molecular weight is 530 g/mol. The second-order valence-electron chi connectivity index (χ2n) is 8.54. The minimum absolute atomic E-state index is 0.107. The first kappa shape index (κ1) is 28.0. The van der Waals surface area contributed by atoms with E-state index in [1.165, 1.54) is 55.7 Å². The van der Waals surface area contributed by atoms with E-state index in [4.69, 9.17) is 14.2 Å². The van der Waals surface area contributed by atoms with Crippen molar-refractivity contribution < 1.29 is 59.2 Å². The first-order chi connectivity index (χ1) is 17.9. The predicted octanol–water partition coefficient (Wildman–Crippen LogP) is 1.33. The number of ether oxygens (including phenoxy) is 3. The molecule has 2 aromatic carbocycles. The van der Waals surface area contributed by atoms with Gasteiger partial charge in [0.05, 0.1) is 13.2 Å². The first-order valence-electron chi connectivity index (χ1n) is 11.2. The van der Waals surface area contributed by atoms with Crippen molar-refractivity contribution >= 4 is 30.1 Å².